The number of unbranched alkanes of at least 4 members (excludes halogenated alkanes) is 15. The molecule has 0 spiro atoms. The van der Waals surface area contributed by atoms with Crippen LogP contribution in [0.5, 0.6) is 0 Å². The van der Waals surface area contributed by atoms with Crippen LogP contribution in [-0.2, 0) is 0 Å². The summed E-state index contributed by atoms with van der Waals surface area (Å²) in [6.45, 7) is 5.31. The van der Waals surface area contributed by atoms with E-state index < -0.39 is 0 Å². The largest absolute Gasteiger partial charge is 0.341 e. The van der Waals surface area contributed by atoms with E-state index in [0.29, 0.717) is 0 Å². The molecule has 35 heavy (non-hydrogen) atoms. The van der Waals surface area contributed by atoms with Gasteiger partial charge in [-0.3, -0.25) is 10.1 Å². The molecule has 0 aromatic heterocycles. The third kappa shape index (κ3) is 12.2. The maximum atomic E-state index is 11.0. The Bertz CT molecular complexity index is 802. The zero-order valence-corrected chi connectivity index (χ0v) is 22.4. The number of rotatable bonds is 20. The second-order valence-electron chi connectivity index (χ2n) is 10.1. The Kier molecular flexibility index (Phi) is 14.8. The Hall–Kier alpha value is -2.36. The number of nitro groups is 1. The second-order valence-corrected chi connectivity index (χ2v) is 10.1. The molecule has 0 atom stereocenters. The maximum absolute atomic E-state index is 11.0. The van der Waals surface area contributed by atoms with E-state index in [1.165, 1.54) is 102 Å². The van der Waals surface area contributed by atoms with Crippen molar-refractivity contribution in [2.45, 2.75) is 117 Å². The lowest BCUT2D eigenvalue weighted by Crippen LogP contribution is -2.18. The summed E-state index contributed by atoms with van der Waals surface area (Å²) in [6.07, 6.45) is 21.9. The minimum atomic E-state index is -0.338. The van der Waals surface area contributed by atoms with Crippen molar-refractivity contribution in [1.29, 1.82) is 0 Å². The minimum absolute atomic E-state index is 0.139. The zero-order chi connectivity index (χ0) is 25.1. The number of nitro benzene ring substituents is 1. The van der Waals surface area contributed by atoms with Gasteiger partial charge in [0.25, 0.3) is 5.69 Å². The quantitative estimate of drug-likeness (QED) is 0.108. The summed E-state index contributed by atoms with van der Waals surface area (Å²) in [5.74, 6) is 0. The predicted molar refractivity (Wildman–Crippen MR) is 151 cm³/mol. The van der Waals surface area contributed by atoms with Gasteiger partial charge in [-0.25, -0.2) is 0 Å². The van der Waals surface area contributed by atoms with E-state index in [-0.39, 0.29) is 10.6 Å². The Morgan fingerprint density at radius 2 is 0.971 bits per heavy atom. The van der Waals surface area contributed by atoms with Crippen molar-refractivity contribution in [3.63, 3.8) is 0 Å². The first-order valence-corrected chi connectivity index (χ1v) is 14.2. The van der Waals surface area contributed by atoms with Crippen LogP contribution in [0.3, 0.4) is 0 Å². The molecule has 2 aromatic carbocycles. The predicted octanol–water partition coefficient (Wildman–Crippen LogP) is 10.3. The van der Waals surface area contributed by atoms with E-state index in [0.717, 1.165) is 24.3 Å². The second kappa shape index (κ2) is 18.0. The molecule has 0 unspecified atom stereocenters. The first-order chi connectivity index (χ1) is 17.1. The average Bonchev–Trinajstić information content (AvgIpc) is 2.87. The van der Waals surface area contributed by atoms with Crippen molar-refractivity contribution in [2.75, 3.05) is 11.4 Å². The highest BCUT2D eigenvalue weighted by molar-refractivity contribution is 5.64. The van der Waals surface area contributed by atoms with Gasteiger partial charge in [0.05, 0.1) is 4.92 Å². The Balaban J connectivity index is 1.60. The molecule has 2 rings (SSSR count). The zero-order valence-electron chi connectivity index (χ0n) is 22.4. The molecule has 4 heteroatoms. The fourth-order valence-electron chi connectivity index (χ4n) is 4.70. The number of aryl methyl sites for hydroxylation is 1. The van der Waals surface area contributed by atoms with Gasteiger partial charge in [-0.1, -0.05) is 121 Å². The lowest BCUT2D eigenvalue weighted by Gasteiger charge is -2.25. The van der Waals surface area contributed by atoms with Crippen LogP contribution < -0.4 is 4.90 Å². The number of hydrogen-bond acceptors (Lipinski definition) is 3. The van der Waals surface area contributed by atoms with E-state index in [1.54, 1.807) is 12.1 Å². The summed E-state index contributed by atoms with van der Waals surface area (Å²) < 4.78 is 0. The lowest BCUT2D eigenvalue weighted by molar-refractivity contribution is -0.384. The number of nitrogens with zero attached hydrogens (tertiary/aromatic N) is 2. The smallest absolute Gasteiger partial charge is 0.269 e. The summed E-state index contributed by atoms with van der Waals surface area (Å²) in [6, 6.07) is 15.5. The van der Waals surface area contributed by atoms with Gasteiger partial charge in [-0.05, 0) is 37.6 Å². The van der Waals surface area contributed by atoms with Gasteiger partial charge >= 0.3 is 0 Å². The van der Waals surface area contributed by atoms with Crippen LogP contribution in [0, 0.1) is 17.0 Å². The molecule has 0 bridgehead atoms. The Morgan fingerprint density at radius 3 is 1.37 bits per heavy atom. The van der Waals surface area contributed by atoms with Crippen LogP contribution in [0.25, 0.3) is 0 Å². The maximum Gasteiger partial charge on any atom is 0.269 e. The van der Waals surface area contributed by atoms with Crippen LogP contribution in [0.4, 0.5) is 17.1 Å². The van der Waals surface area contributed by atoms with Gasteiger partial charge in [0.1, 0.15) is 0 Å². The van der Waals surface area contributed by atoms with Crippen LogP contribution in [0.2, 0.25) is 0 Å². The summed E-state index contributed by atoms with van der Waals surface area (Å²) in [7, 11) is 0. The molecule has 0 heterocycles. The van der Waals surface area contributed by atoms with Gasteiger partial charge < -0.3 is 4.90 Å². The van der Waals surface area contributed by atoms with Gasteiger partial charge in [-0.2, -0.15) is 0 Å². The molecule has 194 valence electrons. The Labute approximate surface area is 214 Å². The molecule has 0 amide bonds. The number of benzene rings is 2. The number of hydrogen-bond donors (Lipinski definition) is 0. The molecular weight excluding hydrogens is 432 g/mol. The summed E-state index contributed by atoms with van der Waals surface area (Å²) >= 11 is 0. The van der Waals surface area contributed by atoms with E-state index in [1.807, 2.05) is 12.1 Å². The Morgan fingerprint density at radius 1 is 0.600 bits per heavy atom. The molecule has 0 aliphatic carbocycles. The molecule has 0 fully saturated rings. The van der Waals surface area contributed by atoms with Crippen molar-refractivity contribution >= 4 is 17.1 Å². The summed E-state index contributed by atoms with van der Waals surface area (Å²) in [5.41, 5.74) is 3.53. The van der Waals surface area contributed by atoms with Crippen molar-refractivity contribution in [2.24, 2.45) is 0 Å². The van der Waals surface area contributed by atoms with Gasteiger partial charge in [0.15, 0.2) is 0 Å². The van der Waals surface area contributed by atoms with Crippen molar-refractivity contribution in [3.05, 3.63) is 64.2 Å². The summed E-state index contributed by atoms with van der Waals surface area (Å²) in [4.78, 5) is 13.0. The molecule has 0 aliphatic heterocycles. The first kappa shape index (κ1) is 28.9. The van der Waals surface area contributed by atoms with Gasteiger partial charge in [-0.15, -0.1) is 0 Å². The molecule has 0 radical (unpaired) electrons. The lowest BCUT2D eigenvalue weighted by atomic mass is 10.0. The van der Waals surface area contributed by atoms with Crippen molar-refractivity contribution < 1.29 is 4.92 Å². The standard InChI is InChI=1S/C31H48N2O2/c1-3-4-5-6-7-8-9-10-11-12-13-14-15-16-17-18-27-32(29-21-19-28(2)20-22-29)30-23-25-31(26-24-30)33(34)35/h19-26H,3-18,27H2,1-2H3. The molecule has 0 aliphatic rings. The first-order valence-electron chi connectivity index (χ1n) is 14.2. The van der Waals surface area contributed by atoms with Crippen LogP contribution in [-0.4, -0.2) is 11.5 Å². The average molecular weight is 481 g/mol. The van der Waals surface area contributed by atoms with E-state index >= 15 is 0 Å². The third-order valence-electron chi connectivity index (χ3n) is 6.95. The monoisotopic (exact) mass is 480 g/mol. The molecule has 4 nitrogen and oxygen atoms in total. The minimum Gasteiger partial charge on any atom is -0.341 e. The highest BCUT2D eigenvalue weighted by Gasteiger charge is 2.11. The fraction of sp³-hybridized carbons (Fsp3) is 0.613. The normalized spacial score (nSPS) is 11.0. The fourth-order valence-corrected chi connectivity index (χ4v) is 4.70. The number of anilines is 2. The van der Waals surface area contributed by atoms with Crippen molar-refractivity contribution in [1.82, 2.24) is 0 Å². The van der Waals surface area contributed by atoms with Gasteiger partial charge in [0, 0.05) is 30.1 Å². The van der Waals surface area contributed by atoms with E-state index in [2.05, 4.69) is 43.0 Å². The van der Waals surface area contributed by atoms with E-state index in [9.17, 15) is 10.1 Å². The molecule has 0 saturated heterocycles. The highest BCUT2D eigenvalue weighted by atomic mass is 16.6. The van der Waals surface area contributed by atoms with Crippen LogP contribution in [0.15, 0.2) is 48.5 Å². The molecule has 0 saturated carbocycles. The topological polar surface area (TPSA) is 46.4 Å². The SMILES string of the molecule is CCCCCCCCCCCCCCCCCCN(c1ccc(C)cc1)c1ccc([N+](=O)[O-])cc1. The molecular formula is C31H48N2O2. The number of non-ortho nitro benzene ring substituents is 1. The third-order valence-corrected chi connectivity index (χ3v) is 6.95. The summed E-state index contributed by atoms with van der Waals surface area (Å²) in [5, 5.41) is 11.0. The van der Waals surface area contributed by atoms with Gasteiger partial charge in [0.2, 0.25) is 0 Å². The highest BCUT2D eigenvalue weighted by Crippen LogP contribution is 2.28. The van der Waals surface area contributed by atoms with Crippen LogP contribution >= 0.6 is 0 Å². The van der Waals surface area contributed by atoms with E-state index in [4.69, 9.17) is 0 Å². The van der Waals surface area contributed by atoms with Crippen molar-refractivity contribution in [3.8, 4) is 0 Å². The molecule has 0 N–H and O–H groups in total. The molecule has 2 aromatic rings. The van der Waals surface area contributed by atoms with Crippen LogP contribution in [0.1, 0.15) is 115 Å².